The summed E-state index contributed by atoms with van der Waals surface area (Å²) in [4.78, 5) is 2.41. The molecule has 19 heavy (non-hydrogen) atoms. The van der Waals surface area contributed by atoms with Crippen LogP contribution < -0.4 is 0 Å². The fourth-order valence-electron chi connectivity index (χ4n) is 2.74. The van der Waals surface area contributed by atoms with Gasteiger partial charge in [-0.3, -0.25) is 0 Å². The molecule has 1 unspecified atom stereocenters. The first-order valence-corrected chi connectivity index (χ1v) is 7.42. The lowest BCUT2D eigenvalue weighted by Crippen LogP contribution is -2.29. The van der Waals surface area contributed by atoms with Gasteiger partial charge in [0.15, 0.2) is 0 Å². The number of aliphatic hydroxyl groups is 1. The highest BCUT2D eigenvalue weighted by molar-refractivity contribution is 5.19. The van der Waals surface area contributed by atoms with Gasteiger partial charge in [0.05, 0.1) is 6.10 Å². The zero-order valence-corrected chi connectivity index (χ0v) is 11.5. The van der Waals surface area contributed by atoms with Crippen molar-refractivity contribution in [2.45, 2.75) is 44.6 Å². The number of likely N-dealkylation sites (tertiary alicyclic amines) is 1. The van der Waals surface area contributed by atoms with Gasteiger partial charge < -0.3 is 10.0 Å². The zero-order chi connectivity index (χ0) is 13.5. The van der Waals surface area contributed by atoms with E-state index < -0.39 is 6.10 Å². The number of rotatable bonds is 4. The number of halogens is 1. The second-order valence-electron chi connectivity index (χ2n) is 5.44. The lowest BCUT2D eigenvalue weighted by molar-refractivity contribution is 0.135. The van der Waals surface area contributed by atoms with Gasteiger partial charge in [0.25, 0.3) is 0 Å². The Bertz CT molecular complexity index is 375. The Kier molecular flexibility index (Phi) is 5.80. The molecule has 0 saturated carbocycles. The van der Waals surface area contributed by atoms with Gasteiger partial charge in [-0.05, 0) is 38.4 Å². The van der Waals surface area contributed by atoms with Crippen molar-refractivity contribution in [3.8, 4) is 0 Å². The standard InChI is InChI=1S/C16H24FNO/c17-15-9-5-4-8-14(15)16(19)10-13-18-11-6-2-1-3-7-12-18/h4-5,8-9,16,19H,1-3,6-7,10-13H2. The van der Waals surface area contributed by atoms with Gasteiger partial charge in [0.1, 0.15) is 5.82 Å². The summed E-state index contributed by atoms with van der Waals surface area (Å²) >= 11 is 0. The quantitative estimate of drug-likeness (QED) is 0.900. The number of hydrogen-bond acceptors (Lipinski definition) is 2. The molecule has 1 aromatic rings. The smallest absolute Gasteiger partial charge is 0.128 e. The van der Waals surface area contributed by atoms with Gasteiger partial charge in [0.2, 0.25) is 0 Å². The minimum absolute atomic E-state index is 0.303. The molecule has 1 heterocycles. The van der Waals surface area contributed by atoms with Crippen LogP contribution in [0, 0.1) is 5.82 Å². The molecule has 1 atom stereocenters. The number of aliphatic hydroxyl groups excluding tert-OH is 1. The summed E-state index contributed by atoms with van der Waals surface area (Å²) in [6.45, 7) is 3.09. The van der Waals surface area contributed by atoms with E-state index in [1.165, 1.54) is 38.2 Å². The Labute approximate surface area is 115 Å². The highest BCUT2D eigenvalue weighted by atomic mass is 19.1. The molecule has 1 aromatic carbocycles. The van der Waals surface area contributed by atoms with E-state index in [4.69, 9.17) is 0 Å². The number of hydrogen-bond donors (Lipinski definition) is 1. The average Bonchev–Trinajstić information content (AvgIpc) is 2.37. The first kappa shape index (κ1) is 14.5. The molecule has 1 aliphatic heterocycles. The van der Waals surface area contributed by atoms with E-state index in [2.05, 4.69) is 4.90 Å². The molecule has 106 valence electrons. The normalized spacial score (nSPS) is 19.7. The Hall–Kier alpha value is -0.930. The predicted molar refractivity (Wildman–Crippen MR) is 75.5 cm³/mol. The summed E-state index contributed by atoms with van der Waals surface area (Å²) in [5.74, 6) is -0.303. The van der Waals surface area contributed by atoms with Crippen molar-refractivity contribution in [1.82, 2.24) is 4.90 Å². The average molecular weight is 265 g/mol. The van der Waals surface area contributed by atoms with Gasteiger partial charge in [-0.15, -0.1) is 0 Å². The molecule has 2 nitrogen and oxygen atoms in total. The molecule has 0 spiro atoms. The maximum absolute atomic E-state index is 13.6. The van der Waals surface area contributed by atoms with Crippen LogP contribution in [0.25, 0.3) is 0 Å². The largest absolute Gasteiger partial charge is 0.388 e. The summed E-state index contributed by atoms with van der Waals surface area (Å²) in [5.41, 5.74) is 0.426. The zero-order valence-electron chi connectivity index (χ0n) is 11.5. The van der Waals surface area contributed by atoms with Crippen LogP contribution in [0.2, 0.25) is 0 Å². The summed E-state index contributed by atoms with van der Waals surface area (Å²) in [5, 5.41) is 10.1. The maximum atomic E-state index is 13.6. The maximum Gasteiger partial charge on any atom is 0.128 e. The first-order chi connectivity index (χ1) is 9.27. The Morgan fingerprint density at radius 2 is 1.68 bits per heavy atom. The molecule has 1 N–H and O–H groups in total. The van der Waals surface area contributed by atoms with E-state index >= 15 is 0 Å². The second kappa shape index (κ2) is 7.61. The minimum atomic E-state index is -0.688. The molecule has 1 fully saturated rings. The highest BCUT2D eigenvalue weighted by Crippen LogP contribution is 2.20. The minimum Gasteiger partial charge on any atom is -0.388 e. The molecule has 1 saturated heterocycles. The van der Waals surface area contributed by atoms with Crippen LogP contribution in [0.15, 0.2) is 24.3 Å². The Morgan fingerprint density at radius 3 is 2.37 bits per heavy atom. The van der Waals surface area contributed by atoms with Crippen LogP contribution in [-0.4, -0.2) is 29.6 Å². The Balaban J connectivity index is 1.82. The molecule has 0 amide bonds. The Morgan fingerprint density at radius 1 is 1.05 bits per heavy atom. The molecule has 2 rings (SSSR count). The van der Waals surface area contributed by atoms with Crippen LogP contribution in [0.5, 0.6) is 0 Å². The molecule has 0 bridgehead atoms. The summed E-state index contributed by atoms with van der Waals surface area (Å²) in [6.07, 6.45) is 6.39. The summed E-state index contributed by atoms with van der Waals surface area (Å²) < 4.78 is 13.6. The van der Waals surface area contributed by atoms with Crippen molar-refractivity contribution in [3.05, 3.63) is 35.6 Å². The molecular formula is C16H24FNO. The lowest BCUT2D eigenvalue weighted by atomic mass is 10.0. The van der Waals surface area contributed by atoms with Crippen LogP contribution in [0.1, 0.15) is 50.2 Å². The number of nitrogens with zero attached hydrogens (tertiary/aromatic N) is 1. The fraction of sp³-hybridized carbons (Fsp3) is 0.625. The van der Waals surface area contributed by atoms with E-state index in [-0.39, 0.29) is 5.82 Å². The second-order valence-corrected chi connectivity index (χ2v) is 5.44. The van der Waals surface area contributed by atoms with E-state index in [0.29, 0.717) is 12.0 Å². The van der Waals surface area contributed by atoms with E-state index in [1.54, 1.807) is 18.2 Å². The molecular weight excluding hydrogens is 241 g/mol. The monoisotopic (exact) mass is 265 g/mol. The molecule has 0 radical (unpaired) electrons. The van der Waals surface area contributed by atoms with Crippen molar-refractivity contribution in [2.24, 2.45) is 0 Å². The van der Waals surface area contributed by atoms with Crippen molar-refractivity contribution >= 4 is 0 Å². The van der Waals surface area contributed by atoms with Gasteiger partial charge in [-0.1, -0.05) is 37.5 Å². The van der Waals surface area contributed by atoms with Crippen molar-refractivity contribution < 1.29 is 9.50 Å². The van der Waals surface area contributed by atoms with Gasteiger partial charge in [-0.2, -0.15) is 0 Å². The van der Waals surface area contributed by atoms with Gasteiger partial charge in [-0.25, -0.2) is 4.39 Å². The van der Waals surface area contributed by atoms with E-state index in [9.17, 15) is 9.50 Å². The fourth-order valence-corrected chi connectivity index (χ4v) is 2.74. The highest BCUT2D eigenvalue weighted by Gasteiger charge is 2.14. The molecule has 0 aromatic heterocycles. The molecule has 0 aliphatic carbocycles. The summed E-state index contributed by atoms with van der Waals surface area (Å²) in [6, 6.07) is 6.52. The predicted octanol–water partition coefficient (Wildman–Crippen LogP) is 3.52. The summed E-state index contributed by atoms with van der Waals surface area (Å²) in [7, 11) is 0. The van der Waals surface area contributed by atoms with Crippen molar-refractivity contribution in [1.29, 1.82) is 0 Å². The first-order valence-electron chi connectivity index (χ1n) is 7.42. The van der Waals surface area contributed by atoms with Crippen LogP contribution in [0.4, 0.5) is 4.39 Å². The van der Waals surface area contributed by atoms with Crippen LogP contribution in [0.3, 0.4) is 0 Å². The lowest BCUT2D eigenvalue weighted by Gasteiger charge is -2.25. The van der Waals surface area contributed by atoms with E-state index in [0.717, 1.165) is 19.6 Å². The van der Waals surface area contributed by atoms with Gasteiger partial charge >= 0.3 is 0 Å². The van der Waals surface area contributed by atoms with Crippen molar-refractivity contribution in [2.75, 3.05) is 19.6 Å². The third kappa shape index (κ3) is 4.59. The third-order valence-corrected chi connectivity index (χ3v) is 3.93. The molecule has 3 heteroatoms. The van der Waals surface area contributed by atoms with E-state index in [1.807, 2.05) is 0 Å². The number of benzene rings is 1. The third-order valence-electron chi connectivity index (χ3n) is 3.93. The van der Waals surface area contributed by atoms with Crippen LogP contribution >= 0.6 is 0 Å². The topological polar surface area (TPSA) is 23.5 Å². The van der Waals surface area contributed by atoms with Crippen LogP contribution in [-0.2, 0) is 0 Å². The van der Waals surface area contributed by atoms with Gasteiger partial charge in [0, 0.05) is 12.1 Å². The molecule has 1 aliphatic rings. The van der Waals surface area contributed by atoms with Crippen molar-refractivity contribution in [3.63, 3.8) is 0 Å². The SMILES string of the molecule is OC(CCN1CCCCCCC1)c1ccccc1F.